The Kier molecular flexibility index (Phi) is 3.62. The number of aryl methyl sites for hydroxylation is 1. The second-order valence-electron chi connectivity index (χ2n) is 5.67. The monoisotopic (exact) mass is 272 g/mol. The molecule has 0 heteroatoms. The Morgan fingerprint density at radius 3 is 2.29 bits per heavy atom. The van der Waals surface area contributed by atoms with Gasteiger partial charge in [0.15, 0.2) is 0 Å². The van der Waals surface area contributed by atoms with Crippen molar-refractivity contribution in [1.82, 2.24) is 0 Å². The van der Waals surface area contributed by atoms with E-state index in [0.717, 1.165) is 0 Å². The lowest BCUT2D eigenvalue weighted by atomic mass is 9.81. The second kappa shape index (κ2) is 5.57. The molecule has 1 atom stereocenters. The van der Waals surface area contributed by atoms with Gasteiger partial charge in [0.1, 0.15) is 0 Å². The maximum absolute atomic E-state index is 4.31. The van der Waals surface area contributed by atoms with Gasteiger partial charge in [0, 0.05) is 0 Å². The first kappa shape index (κ1) is 13.6. The lowest BCUT2D eigenvalue weighted by Crippen LogP contribution is -2.05. The average Bonchev–Trinajstić information content (AvgIpc) is 2.51. The van der Waals surface area contributed by atoms with Crippen molar-refractivity contribution in [1.29, 1.82) is 0 Å². The van der Waals surface area contributed by atoms with E-state index in [1.807, 2.05) is 0 Å². The van der Waals surface area contributed by atoms with Crippen LogP contribution in [0.1, 0.15) is 23.6 Å². The first-order chi connectivity index (χ1) is 10.2. The minimum atomic E-state index is 0.361. The van der Waals surface area contributed by atoms with E-state index < -0.39 is 0 Å². The van der Waals surface area contributed by atoms with Crippen LogP contribution in [-0.4, -0.2) is 0 Å². The highest BCUT2D eigenvalue weighted by Gasteiger charge is 2.18. The van der Waals surface area contributed by atoms with E-state index >= 15 is 0 Å². The topological polar surface area (TPSA) is 0 Å². The Morgan fingerprint density at radius 2 is 1.57 bits per heavy atom. The molecule has 2 aromatic rings. The number of hydrogen-bond acceptors (Lipinski definition) is 0. The highest BCUT2D eigenvalue weighted by Crippen LogP contribution is 2.38. The molecule has 0 saturated heterocycles. The van der Waals surface area contributed by atoms with E-state index in [-0.39, 0.29) is 0 Å². The van der Waals surface area contributed by atoms with E-state index in [2.05, 4.69) is 87.2 Å². The summed E-state index contributed by atoms with van der Waals surface area (Å²) >= 11 is 0. The highest BCUT2D eigenvalue weighted by molar-refractivity contribution is 5.93. The molecule has 1 aliphatic rings. The molecule has 1 aliphatic carbocycles. The van der Waals surface area contributed by atoms with Crippen molar-refractivity contribution < 1.29 is 0 Å². The van der Waals surface area contributed by atoms with Crippen LogP contribution in [0.25, 0.3) is 11.1 Å². The van der Waals surface area contributed by atoms with Crippen LogP contribution in [0, 0.1) is 12.8 Å². The lowest BCUT2D eigenvalue weighted by molar-refractivity contribution is 0.898. The van der Waals surface area contributed by atoms with Crippen LogP contribution in [-0.2, 0) is 0 Å². The van der Waals surface area contributed by atoms with Crippen molar-refractivity contribution in [2.24, 2.45) is 5.92 Å². The van der Waals surface area contributed by atoms with Gasteiger partial charge in [-0.2, -0.15) is 0 Å². The van der Waals surface area contributed by atoms with Crippen LogP contribution in [0.3, 0.4) is 0 Å². The molecule has 0 nitrogen and oxygen atoms in total. The van der Waals surface area contributed by atoms with E-state index in [4.69, 9.17) is 0 Å². The zero-order chi connectivity index (χ0) is 14.8. The molecule has 0 N–H and O–H groups in total. The van der Waals surface area contributed by atoms with E-state index in [9.17, 15) is 0 Å². The molecule has 21 heavy (non-hydrogen) atoms. The third-order valence-corrected chi connectivity index (χ3v) is 4.17. The molecular weight excluding hydrogens is 252 g/mol. The lowest BCUT2D eigenvalue weighted by Gasteiger charge is -2.23. The quantitative estimate of drug-likeness (QED) is 0.661. The summed E-state index contributed by atoms with van der Waals surface area (Å²) in [7, 11) is 0. The Balaban J connectivity index is 2.11. The minimum absolute atomic E-state index is 0.361. The summed E-state index contributed by atoms with van der Waals surface area (Å²) < 4.78 is 0. The van der Waals surface area contributed by atoms with Crippen molar-refractivity contribution in [3.63, 3.8) is 0 Å². The molecule has 0 amide bonds. The molecule has 1 unspecified atom stereocenters. The maximum atomic E-state index is 4.31. The predicted molar refractivity (Wildman–Crippen MR) is 91.9 cm³/mol. The number of benzene rings is 2. The molecule has 104 valence electrons. The zero-order valence-corrected chi connectivity index (χ0v) is 12.6. The van der Waals surface area contributed by atoms with Gasteiger partial charge in [0.25, 0.3) is 0 Å². The van der Waals surface area contributed by atoms with Crippen molar-refractivity contribution >= 4 is 11.1 Å². The van der Waals surface area contributed by atoms with Gasteiger partial charge in [0.05, 0.1) is 0 Å². The van der Waals surface area contributed by atoms with Crippen LogP contribution in [0.15, 0.2) is 78.9 Å². The highest BCUT2D eigenvalue weighted by atomic mass is 14.2. The third-order valence-electron chi connectivity index (χ3n) is 4.17. The van der Waals surface area contributed by atoms with Crippen molar-refractivity contribution in [2.75, 3.05) is 0 Å². The summed E-state index contributed by atoms with van der Waals surface area (Å²) in [6, 6.07) is 19.1. The second-order valence-corrected chi connectivity index (χ2v) is 5.67. The van der Waals surface area contributed by atoms with E-state index in [1.54, 1.807) is 0 Å². The van der Waals surface area contributed by atoms with Gasteiger partial charge in [-0.25, -0.2) is 0 Å². The predicted octanol–water partition coefficient (Wildman–Crippen LogP) is 5.67. The Hall–Kier alpha value is -2.34. The van der Waals surface area contributed by atoms with Gasteiger partial charge in [-0.15, -0.1) is 0 Å². The maximum Gasteiger partial charge on any atom is -0.0000946 e. The number of hydrogen-bond donors (Lipinski definition) is 0. The molecule has 3 rings (SSSR count). The first-order valence-electron chi connectivity index (χ1n) is 7.41. The molecule has 0 radical (unpaired) electrons. The number of rotatable bonds is 2. The summed E-state index contributed by atoms with van der Waals surface area (Å²) in [4.78, 5) is 0. The fraction of sp³-hybridized carbons (Fsp3) is 0.143. The first-order valence-corrected chi connectivity index (χ1v) is 7.41. The van der Waals surface area contributed by atoms with Crippen molar-refractivity contribution in [3.8, 4) is 0 Å². The molecule has 0 aromatic heterocycles. The summed E-state index contributed by atoms with van der Waals surface area (Å²) in [5.41, 5.74) is 7.60. The third kappa shape index (κ3) is 2.62. The van der Waals surface area contributed by atoms with Crippen LogP contribution in [0.2, 0.25) is 0 Å². The Bertz CT molecular complexity index is 730. The van der Waals surface area contributed by atoms with Gasteiger partial charge in [-0.05, 0) is 52.3 Å². The van der Waals surface area contributed by atoms with Crippen LogP contribution in [0.5, 0.6) is 0 Å². The molecule has 0 spiro atoms. The SMILES string of the molecule is C=C1C(c2ccccc2C)=CC(c2ccccc2)=CC1C. The van der Waals surface area contributed by atoms with E-state index in [0.29, 0.717) is 5.92 Å². The van der Waals surface area contributed by atoms with Gasteiger partial charge >= 0.3 is 0 Å². The fourth-order valence-corrected chi connectivity index (χ4v) is 2.85. The largest absolute Gasteiger partial charge is 0.0946 e. The van der Waals surface area contributed by atoms with Crippen LogP contribution in [0.4, 0.5) is 0 Å². The smallest absolute Gasteiger partial charge is 0.0000946 e. The summed E-state index contributed by atoms with van der Waals surface area (Å²) in [5, 5.41) is 0. The minimum Gasteiger partial charge on any atom is -0.0946 e. The normalized spacial score (nSPS) is 18.2. The Morgan fingerprint density at radius 1 is 0.905 bits per heavy atom. The molecule has 0 fully saturated rings. The van der Waals surface area contributed by atoms with Gasteiger partial charge in [-0.1, -0.05) is 74.2 Å². The summed E-state index contributed by atoms with van der Waals surface area (Å²) in [6.07, 6.45) is 4.58. The molecular formula is C21H20. The van der Waals surface area contributed by atoms with Gasteiger partial charge in [-0.3, -0.25) is 0 Å². The molecule has 2 aromatic carbocycles. The van der Waals surface area contributed by atoms with E-state index in [1.165, 1.54) is 33.4 Å². The fourth-order valence-electron chi connectivity index (χ4n) is 2.85. The standard InChI is InChI=1S/C21H20/c1-15-9-7-8-12-20(15)21-14-19(13-16(2)17(21)3)18-10-5-4-6-11-18/h4-14,16H,3H2,1-2H3. The molecule has 0 bridgehead atoms. The summed E-state index contributed by atoms with van der Waals surface area (Å²) in [6.45, 7) is 8.69. The van der Waals surface area contributed by atoms with Crippen LogP contribution >= 0.6 is 0 Å². The van der Waals surface area contributed by atoms with Crippen molar-refractivity contribution in [3.05, 3.63) is 95.6 Å². The molecule has 0 saturated carbocycles. The number of allylic oxidation sites excluding steroid dienone is 5. The zero-order valence-electron chi connectivity index (χ0n) is 12.6. The summed E-state index contributed by atoms with van der Waals surface area (Å²) in [5.74, 6) is 0.361. The molecule has 0 heterocycles. The Labute approximate surface area is 127 Å². The average molecular weight is 272 g/mol. The van der Waals surface area contributed by atoms with Crippen LogP contribution < -0.4 is 0 Å². The molecule has 0 aliphatic heterocycles. The van der Waals surface area contributed by atoms with Gasteiger partial charge in [0.2, 0.25) is 0 Å². The van der Waals surface area contributed by atoms with Crippen molar-refractivity contribution in [2.45, 2.75) is 13.8 Å². The van der Waals surface area contributed by atoms with Gasteiger partial charge < -0.3 is 0 Å².